The summed E-state index contributed by atoms with van der Waals surface area (Å²) in [5, 5.41) is 3.62. The van der Waals surface area contributed by atoms with E-state index in [-0.39, 0.29) is 0 Å². The summed E-state index contributed by atoms with van der Waals surface area (Å²) in [5.41, 5.74) is 5.49. The lowest BCUT2D eigenvalue weighted by Gasteiger charge is -2.21. The maximum Gasteiger partial charge on any atom is 0.0363 e. The van der Waals surface area contributed by atoms with Gasteiger partial charge in [-0.25, -0.2) is 0 Å². The number of hydrogen-bond acceptors (Lipinski definition) is 1. The van der Waals surface area contributed by atoms with Gasteiger partial charge in [-0.15, -0.1) is 0 Å². The van der Waals surface area contributed by atoms with Crippen LogP contribution in [0.5, 0.6) is 0 Å². The van der Waals surface area contributed by atoms with E-state index in [9.17, 15) is 0 Å². The Morgan fingerprint density at radius 2 is 1.67 bits per heavy atom. The van der Waals surface area contributed by atoms with Crippen LogP contribution in [0.2, 0.25) is 0 Å². The second-order valence-electron chi connectivity index (χ2n) is 5.44. The lowest BCUT2D eigenvalue weighted by Crippen LogP contribution is -2.23. The molecule has 1 atom stereocenters. The maximum absolute atomic E-state index is 3.64. The molecule has 0 aliphatic carbocycles. The highest BCUT2D eigenvalue weighted by Crippen LogP contribution is 2.27. The minimum Gasteiger partial charge on any atom is -0.310 e. The second-order valence-corrected chi connectivity index (χ2v) is 6.29. The Kier molecular flexibility index (Phi) is 6.01. The highest BCUT2D eigenvalue weighted by Gasteiger charge is 2.14. The van der Waals surface area contributed by atoms with E-state index in [1.165, 1.54) is 26.7 Å². The lowest BCUT2D eigenvalue weighted by molar-refractivity contribution is 0.547. The number of hydrogen-bond donors (Lipinski definition) is 1. The van der Waals surface area contributed by atoms with Crippen LogP contribution in [0.25, 0.3) is 0 Å². The minimum atomic E-state index is 0.361. The molecule has 2 aromatic carbocycles. The lowest BCUT2D eigenvalue weighted by atomic mass is 9.95. The highest BCUT2D eigenvalue weighted by molar-refractivity contribution is 9.10. The molecule has 112 valence electrons. The third kappa shape index (κ3) is 4.18. The van der Waals surface area contributed by atoms with Crippen LogP contribution < -0.4 is 5.32 Å². The predicted molar refractivity (Wildman–Crippen MR) is 94.8 cm³/mol. The fourth-order valence-corrected chi connectivity index (χ4v) is 3.07. The van der Waals surface area contributed by atoms with E-state index < -0.39 is 0 Å². The number of benzene rings is 2. The summed E-state index contributed by atoms with van der Waals surface area (Å²) in [6.07, 6.45) is 2.12. The molecule has 21 heavy (non-hydrogen) atoms. The second kappa shape index (κ2) is 7.77. The molecule has 2 heteroatoms. The molecule has 2 rings (SSSR count). The first-order chi connectivity index (χ1) is 10.2. The van der Waals surface area contributed by atoms with Crippen molar-refractivity contribution in [1.29, 1.82) is 0 Å². The fourth-order valence-electron chi connectivity index (χ4n) is 2.69. The zero-order chi connectivity index (χ0) is 15.2. The van der Waals surface area contributed by atoms with Gasteiger partial charge in [0.1, 0.15) is 0 Å². The Morgan fingerprint density at radius 3 is 2.29 bits per heavy atom. The van der Waals surface area contributed by atoms with Crippen LogP contribution in [0.4, 0.5) is 0 Å². The molecule has 0 aromatic heterocycles. The van der Waals surface area contributed by atoms with E-state index in [1.807, 2.05) is 0 Å². The van der Waals surface area contributed by atoms with Crippen molar-refractivity contribution in [3.63, 3.8) is 0 Å². The summed E-state index contributed by atoms with van der Waals surface area (Å²) in [7, 11) is 0. The third-order valence-electron chi connectivity index (χ3n) is 4.01. The summed E-state index contributed by atoms with van der Waals surface area (Å²) in [4.78, 5) is 0. The summed E-state index contributed by atoms with van der Waals surface area (Å²) in [5.74, 6) is 0. The smallest absolute Gasteiger partial charge is 0.0363 e. The van der Waals surface area contributed by atoms with Gasteiger partial charge in [0.2, 0.25) is 0 Å². The highest BCUT2D eigenvalue weighted by atomic mass is 79.9. The van der Waals surface area contributed by atoms with Gasteiger partial charge in [0.25, 0.3) is 0 Å². The van der Waals surface area contributed by atoms with Gasteiger partial charge >= 0.3 is 0 Å². The van der Waals surface area contributed by atoms with Gasteiger partial charge in [0, 0.05) is 10.5 Å². The standard InChI is InChI=1S/C19H24BrN/c1-4-15-9-11-16(12-10-15)13-19(21-5-2)17-7-6-8-18(20)14(17)3/h6-12,19,21H,4-5,13H2,1-3H3. The summed E-state index contributed by atoms with van der Waals surface area (Å²) < 4.78 is 1.18. The number of halogens is 1. The Labute approximate surface area is 136 Å². The first kappa shape index (κ1) is 16.3. The largest absolute Gasteiger partial charge is 0.310 e. The fraction of sp³-hybridized carbons (Fsp3) is 0.368. The Morgan fingerprint density at radius 1 is 1.00 bits per heavy atom. The van der Waals surface area contributed by atoms with E-state index in [2.05, 4.69) is 84.5 Å². The van der Waals surface area contributed by atoms with E-state index in [1.54, 1.807) is 0 Å². The van der Waals surface area contributed by atoms with E-state index >= 15 is 0 Å². The molecule has 0 bridgehead atoms. The molecule has 1 nitrogen and oxygen atoms in total. The first-order valence-corrected chi connectivity index (χ1v) is 8.51. The molecule has 0 heterocycles. The Balaban J connectivity index is 2.24. The summed E-state index contributed by atoms with van der Waals surface area (Å²) >= 11 is 3.64. The average Bonchev–Trinajstić information content (AvgIpc) is 2.50. The zero-order valence-electron chi connectivity index (χ0n) is 13.1. The molecule has 1 N–H and O–H groups in total. The molecule has 0 spiro atoms. The number of rotatable bonds is 6. The van der Waals surface area contributed by atoms with Gasteiger partial charge < -0.3 is 5.32 Å². The van der Waals surface area contributed by atoms with Crippen LogP contribution in [0, 0.1) is 6.92 Å². The summed E-state index contributed by atoms with van der Waals surface area (Å²) in [6.45, 7) is 7.52. The van der Waals surface area contributed by atoms with E-state index in [0.717, 1.165) is 19.4 Å². The number of aryl methyl sites for hydroxylation is 1. The SMILES string of the molecule is CCNC(Cc1ccc(CC)cc1)c1cccc(Br)c1C. The minimum absolute atomic E-state index is 0.361. The maximum atomic E-state index is 3.64. The van der Waals surface area contributed by atoms with Crippen molar-refractivity contribution in [2.24, 2.45) is 0 Å². The van der Waals surface area contributed by atoms with Crippen molar-refractivity contribution in [3.05, 3.63) is 69.2 Å². The molecule has 0 saturated carbocycles. The molecule has 0 aliphatic heterocycles. The van der Waals surface area contributed by atoms with Crippen molar-refractivity contribution in [2.45, 2.75) is 39.7 Å². The topological polar surface area (TPSA) is 12.0 Å². The molecule has 0 radical (unpaired) electrons. The van der Waals surface area contributed by atoms with Crippen molar-refractivity contribution in [3.8, 4) is 0 Å². The summed E-state index contributed by atoms with van der Waals surface area (Å²) in [6, 6.07) is 15.8. The van der Waals surface area contributed by atoms with Crippen molar-refractivity contribution in [2.75, 3.05) is 6.54 Å². The van der Waals surface area contributed by atoms with Gasteiger partial charge in [-0.1, -0.05) is 66.2 Å². The monoisotopic (exact) mass is 345 g/mol. The van der Waals surface area contributed by atoms with Crippen LogP contribution in [0.15, 0.2) is 46.9 Å². The van der Waals surface area contributed by atoms with Crippen LogP contribution in [0.3, 0.4) is 0 Å². The Hall–Kier alpha value is -1.12. The van der Waals surface area contributed by atoms with Crippen molar-refractivity contribution >= 4 is 15.9 Å². The number of likely N-dealkylation sites (N-methyl/N-ethyl adjacent to an activating group) is 1. The van der Waals surface area contributed by atoms with Crippen molar-refractivity contribution < 1.29 is 0 Å². The quantitative estimate of drug-likeness (QED) is 0.757. The van der Waals surface area contributed by atoms with Gasteiger partial charge in [0.15, 0.2) is 0 Å². The molecule has 0 saturated heterocycles. The van der Waals surface area contributed by atoms with Crippen LogP contribution in [0.1, 0.15) is 42.1 Å². The van der Waals surface area contributed by atoms with Gasteiger partial charge in [-0.3, -0.25) is 0 Å². The molecule has 0 amide bonds. The van der Waals surface area contributed by atoms with Gasteiger partial charge in [-0.05, 0) is 54.6 Å². The van der Waals surface area contributed by atoms with Crippen molar-refractivity contribution in [1.82, 2.24) is 5.32 Å². The third-order valence-corrected chi connectivity index (χ3v) is 4.87. The Bertz CT molecular complexity index is 575. The molecule has 0 aliphatic rings. The molecular formula is C19H24BrN. The predicted octanol–water partition coefficient (Wildman–Crippen LogP) is 5.21. The molecule has 1 unspecified atom stereocenters. The van der Waals surface area contributed by atoms with Crippen LogP contribution in [-0.2, 0) is 12.8 Å². The van der Waals surface area contributed by atoms with E-state index in [0.29, 0.717) is 6.04 Å². The van der Waals surface area contributed by atoms with Crippen LogP contribution in [-0.4, -0.2) is 6.54 Å². The molecule has 2 aromatic rings. The first-order valence-electron chi connectivity index (χ1n) is 7.71. The molecule has 0 fully saturated rings. The van der Waals surface area contributed by atoms with Gasteiger partial charge in [-0.2, -0.15) is 0 Å². The number of nitrogens with one attached hydrogen (secondary N) is 1. The van der Waals surface area contributed by atoms with Gasteiger partial charge in [0.05, 0.1) is 0 Å². The average molecular weight is 346 g/mol. The van der Waals surface area contributed by atoms with E-state index in [4.69, 9.17) is 0 Å². The molecular weight excluding hydrogens is 322 g/mol. The normalized spacial score (nSPS) is 12.4. The zero-order valence-corrected chi connectivity index (χ0v) is 14.7. The van der Waals surface area contributed by atoms with Crippen LogP contribution >= 0.6 is 15.9 Å².